The molecule has 3 aromatic rings. The fourth-order valence-corrected chi connectivity index (χ4v) is 9.88. The lowest BCUT2D eigenvalue weighted by molar-refractivity contribution is -0.135. The van der Waals surface area contributed by atoms with E-state index < -0.39 is 0 Å². The summed E-state index contributed by atoms with van der Waals surface area (Å²) in [5.41, 5.74) is 5.10. The second-order valence-corrected chi connectivity index (χ2v) is 12.2. The summed E-state index contributed by atoms with van der Waals surface area (Å²) in [4.78, 5) is 21.0. The molecule has 0 unspecified atom stereocenters. The van der Waals surface area contributed by atoms with Gasteiger partial charge in [0.2, 0.25) is 0 Å². The molecule has 8 rings (SSSR count). The predicted molar refractivity (Wildman–Crippen MR) is 141 cm³/mol. The highest BCUT2D eigenvalue weighted by atomic mass is 16.5. The van der Waals surface area contributed by atoms with Crippen LogP contribution in [0.5, 0.6) is 5.75 Å². The molecule has 0 amide bonds. The van der Waals surface area contributed by atoms with Gasteiger partial charge in [-0.1, -0.05) is 62.2 Å². The molecule has 184 valence electrons. The van der Waals surface area contributed by atoms with Crippen molar-refractivity contribution >= 4 is 16.7 Å². The highest BCUT2D eigenvalue weighted by molar-refractivity contribution is 5.90. The predicted octanol–water partition coefficient (Wildman–Crippen LogP) is 6.12. The fraction of sp³-hybridized carbons (Fsp3) is 0.469. The van der Waals surface area contributed by atoms with E-state index in [0.29, 0.717) is 12.2 Å². The van der Waals surface area contributed by atoms with Crippen molar-refractivity contribution in [2.75, 3.05) is 13.7 Å². The Bertz CT molecular complexity index is 1440. The molecule has 6 atom stereocenters. The second-order valence-electron chi connectivity index (χ2n) is 12.2. The molecule has 1 saturated heterocycles. The van der Waals surface area contributed by atoms with Crippen LogP contribution in [0.3, 0.4) is 0 Å². The molecule has 1 aromatic heterocycles. The number of carbonyl (C=O) groups excluding carboxylic acids is 1. The summed E-state index contributed by atoms with van der Waals surface area (Å²) in [5, 5.41) is 1.34. The van der Waals surface area contributed by atoms with Crippen LogP contribution in [0, 0.1) is 16.7 Å². The maximum atomic E-state index is 14.4. The number of nitrogens with one attached hydrogen (secondary N) is 1. The van der Waals surface area contributed by atoms with Gasteiger partial charge in [0, 0.05) is 52.4 Å². The molecule has 4 nitrogen and oxygen atoms in total. The lowest BCUT2D eigenvalue weighted by Crippen LogP contribution is -2.59. The topological polar surface area (TPSA) is 45.3 Å². The van der Waals surface area contributed by atoms with Gasteiger partial charge in [-0.15, -0.1) is 0 Å². The molecule has 3 heterocycles. The number of aromatic amines is 1. The molecule has 3 aliphatic carbocycles. The number of nitrogens with zero attached hydrogens (tertiary/aromatic N) is 1. The largest absolute Gasteiger partial charge is 0.497 e. The number of hydrogen-bond donors (Lipinski definition) is 1. The van der Waals surface area contributed by atoms with E-state index in [-0.39, 0.29) is 34.2 Å². The molecule has 0 spiro atoms. The molecule has 2 saturated carbocycles. The Hall–Kier alpha value is -2.85. The van der Waals surface area contributed by atoms with Gasteiger partial charge >= 0.3 is 0 Å². The molecule has 5 aliphatic rings. The molecule has 4 heteroatoms. The lowest BCUT2D eigenvalue weighted by atomic mass is 9.53. The van der Waals surface area contributed by atoms with Crippen molar-refractivity contribution in [2.24, 2.45) is 16.7 Å². The van der Waals surface area contributed by atoms with E-state index in [0.717, 1.165) is 18.7 Å². The number of piperidine rings is 1. The average molecular weight is 479 g/mol. The number of hydrogen-bond acceptors (Lipinski definition) is 3. The maximum Gasteiger partial charge on any atom is 0.140 e. The van der Waals surface area contributed by atoms with Crippen molar-refractivity contribution < 1.29 is 9.53 Å². The number of para-hydroxylation sites is 1. The molecule has 2 aromatic carbocycles. The van der Waals surface area contributed by atoms with Crippen molar-refractivity contribution in [1.29, 1.82) is 0 Å². The number of methoxy groups -OCH3 is 1. The summed E-state index contributed by atoms with van der Waals surface area (Å²) in [7, 11) is 1.72. The van der Waals surface area contributed by atoms with Crippen molar-refractivity contribution in [1.82, 2.24) is 9.88 Å². The van der Waals surface area contributed by atoms with Gasteiger partial charge < -0.3 is 9.72 Å². The van der Waals surface area contributed by atoms with Crippen LogP contribution in [0.2, 0.25) is 0 Å². The number of allylic oxidation sites excluding steroid dienone is 1. The first-order valence-corrected chi connectivity index (χ1v) is 13.8. The number of Topliss-reactive ketones (excluding diaryl/α,β-unsaturated/α-hetero) is 1. The van der Waals surface area contributed by atoms with E-state index in [1.165, 1.54) is 53.4 Å². The third-order valence-electron chi connectivity index (χ3n) is 11.3. The van der Waals surface area contributed by atoms with E-state index in [4.69, 9.17) is 4.74 Å². The highest BCUT2D eigenvalue weighted by Gasteiger charge is 2.79. The summed E-state index contributed by atoms with van der Waals surface area (Å²) in [5.74, 6) is 1.35. The van der Waals surface area contributed by atoms with Crippen LogP contribution < -0.4 is 4.74 Å². The van der Waals surface area contributed by atoms with E-state index in [1.54, 1.807) is 7.11 Å². The third-order valence-corrected chi connectivity index (χ3v) is 11.3. The fourth-order valence-electron chi connectivity index (χ4n) is 9.88. The van der Waals surface area contributed by atoms with E-state index in [9.17, 15) is 4.79 Å². The minimum Gasteiger partial charge on any atom is -0.497 e. The second kappa shape index (κ2) is 6.92. The number of ketones is 1. The zero-order valence-corrected chi connectivity index (χ0v) is 21.2. The summed E-state index contributed by atoms with van der Waals surface area (Å²) >= 11 is 0. The van der Waals surface area contributed by atoms with Gasteiger partial charge in [-0.2, -0.15) is 0 Å². The van der Waals surface area contributed by atoms with Crippen LogP contribution in [0.15, 0.2) is 60.7 Å². The van der Waals surface area contributed by atoms with Gasteiger partial charge in [-0.05, 0) is 54.0 Å². The smallest absolute Gasteiger partial charge is 0.140 e. The molecule has 36 heavy (non-hydrogen) atoms. The first-order chi connectivity index (χ1) is 17.5. The highest BCUT2D eigenvalue weighted by Crippen LogP contribution is 2.78. The summed E-state index contributed by atoms with van der Waals surface area (Å²) < 4.78 is 5.50. The van der Waals surface area contributed by atoms with Gasteiger partial charge in [-0.25, -0.2) is 0 Å². The molecule has 0 radical (unpaired) electrons. The molecular weight excluding hydrogens is 444 g/mol. The molecule has 3 fully saturated rings. The Morgan fingerprint density at radius 3 is 2.67 bits per heavy atom. The third kappa shape index (κ3) is 2.21. The van der Waals surface area contributed by atoms with Gasteiger partial charge in [-0.3, -0.25) is 9.69 Å². The normalized spacial score (nSPS) is 38.5. The first-order valence-electron chi connectivity index (χ1n) is 13.8. The Balaban J connectivity index is 1.32. The Morgan fingerprint density at radius 1 is 1.03 bits per heavy atom. The summed E-state index contributed by atoms with van der Waals surface area (Å²) in [6, 6.07) is 17.8. The number of rotatable bonds is 2. The molecule has 1 N–H and O–H groups in total. The van der Waals surface area contributed by atoms with Crippen molar-refractivity contribution in [2.45, 2.75) is 62.9 Å². The number of carbonyl (C=O) groups is 1. The van der Waals surface area contributed by atoms with Crippen LogP contribution in [0.1, 0.15) is 61.9 Å². The van der Waals surface area contributed by atoms with E-state index in [2.05, 4.69) is 77.5 Å². The van der Waals surface area contributed by atoms with Crippen molar-refractivity contribution in [3.05, 3.63) is 77.5 Å². The van der Waals surface area contributed by atoms with Gasteiger partial charge in [0.1, 0.15) is 11.5 Å². The van der Waals surface area contributed by atoms with Crippen LogP contribution >= 0.6 is 0 Å². The number of fused-ring (bicyclic) bond motifs is 8. The lowest BCUT2D eigenvalue weighted by Gasteiger charge is -2.54. The van der Waals surface area contributed by atoms with Crippen LogP contribution in [0.25, 0.3) is 10.9 Å². The summed E-state index contributed by atoms with van der Waals surface area (Å²) in [6.45, 7) is 3.56. The van der Waals surface area contributed by atoms with E-state index >= 15 is 0 Å². The monoisotopic (exact) mass is 478 g/mol. The SMILES string of the molecule is COc1ccc([C@@]23C=C[C@]4(CCCC[C@@]42C)[C@@H]2[C@H]3C(=O)C[C@H]3c4[nH]c5ccccc5c4CCN23)cc1. The Kier molecular flexibility index (Phi) is 4.08. The van der Waals surface area contributed by atoms with Gasteiger partial charge in [0.25, 0.3) is 0 Å². The van der Waals surface area contributed by atoms with E-state index in [1.807, 2.05) is 0 Å². The zero-order chi connectivity index (χ0) is 24.3. The maximum absolute atomic E-state index is 14.4. The standard InChI is InChI=1S/C32H34N2O2/c1-30-14-5-6-15-31(30)16-17-32(30,20-9-11-21(36-2)12-10-20)27-26(35)19-25-28-23(13-18-34(25)29(27)31)22-7-3-4-8-24(22)33-28/h3-4,7-12,16-17,25,27,29,33H,5-6,13-15,18-19H2,1-2H3/t25-,27+,29-,30-,31+,32+/m0/s1. The molecule has 2 aliphatic heterocycles. The van der Waals surface area contributed by atoms with Crippen LogP contribution in [0.4, 0.5) is 0 Å². The molecular formula is C32H34N2O2. The van der Waals surface area contributed by atoms with Gasteiger partial charge in [0.15, 0.2) is 0 Å². The zero-order valence-electron chi connectivity index (χ0n) is 21.2. The number of aromatic nitrogens is 1. The van der Waals surface area contributed by atoms with Crippen molar-refractivity contribution in [3.8, 4) is 5.75 Å². The molecule has 2 bridgehead atoms. The Labute approximate surface area is 212 Å². The number of H-pyrrole nitrogens is 1. The van der Waals surface area contributed by atoms with Crippen molar-refractivity contribution in [3.63, 3.8) is 0 Å². The minimum atomic E-state index is -0.243. The number of benzene rings is 2. The van der Waals surface area contributed by atoms with Crippen LogP contribution in [-0.2, 0) is 16.6 Å². The Morgan fingerprint density at radius 2 is 1.83 bits per heavy atom. The van der Waals surface area contributed by atoms with Gasteiger partial charge in [0.05, 0.1) is 13.2 Å². The number of ether oxygens (including phenoxy) is 1. The summed E-state index contributed by atoms with van der Waals surface area (Å²) in [6.07, 6.45) is 11.6. The van der Waals surface area contributed by atoms with Crippen LogP contribution in [-0.4, -0.2) is 35.4 Å². The average Bonchev–Trinajstić information content (AvgIpc) is 3.49. The minimum absolute atomic E-state index is 0.0150. The first kappa shape index (κ1) is 21.3. The quantitative estimate of drug-likeness (QED) is 0.451.